The Labute approximate surface area is 118 Å². The number of anilines is 1. The molecule has 0 spiro atoms. The largest absolute Gasteiger partial charge is 0.379 e. The van der Waals surface area contributed by atoms with Crippen LogP contribution < -0.4 is 5.32 Å². The lowest BCUT2D eigenvalue weighted by Gasteiger charge is -2.10. The van der Waals surface area contributed by atoms with Crippen molar-refractivity contribution in [3.63, 3.8) is 0 Å². The number of hydrogen-bond donors (Lipinski definition) is 1. The molecule has 0 radical (unpaired) electrons. The van der Waals surface area contributed by atoms with Crippen molar-refractivity contribution in [2.24, 2.45) is 0 Å². The Morgan fingerprint density at radius 2 is 1.85 bits per heavy atom. The number of benzene rings is 2. The molecule has 0 heterocycles. The van der Waals surface area contributed by atoms with Crippen LogP contribution in [-0.4, -0.2) is 0 Å². The van der Waals surface area contributed by atoms with Crippen LogP contribution in [0.3, 0.4) is 0 Å². The van der Waals surface area contributed by atoms with Crippen molar-refractivity contribution < 1.29 is 4.39 Å². The zero-order chi connectivity index (χ0) is 14.5. The molecule has 2 aromatic rings. The summed E-state index contributed by atoms with van der Waals surface area (Å²) in [6, 6.07) is 14.6. The normalized spacial score (nSPS) is 10.3. The maximum absolute atomic E-state index is 13.7. The van der Waals surface area contributed by atoms with E-state index in [0.717, 1.165) is 5.56 Å². The van der Waals surface area contributed by atoms with E-state index in [2.05, 4.69) is 31.3 Å². The van der Waals surface area contributed by atoms with Gasteiger partial charge in [0.05, 0.1) is 17.3 Å². The summed E-state index contributed by atoms with van der Waals surface area (Å²) in [7, 11) is 0. The number of nitriles is 1. The Morgan fingerprint density at radius 1 is 1.15 bits per heavy atom. The van der Waals surface area contributed by atoms with Crippen molar-refractivity contribution >= 4 is 5.69 Å². The second-order valence-corrected chi connectivity index (χ2v) is 5.06. The first-order chi connectivity index (χ1) is 9.60. The summed E-state index contributed by atoms with van der Waals surface area (Å²) >= 11 is 0. The van der Waals surface area contributed by atoms with Gasteiger partial charge in [-0.2, -0.15) is 5.26 Å². The predicted octanol–water partition coefficient (Wildman–Crippen LogP) is 4.43. The van der Waals surface area contributed by atoms with Crippen LogP contribution >= 0.6 is 0 Å². The second-order valence-electron chi connectivity index (χ2n) is 5.06. The van der Waals surface area contributed by atoms with Crippen LogP contribution in [0.2, 0.25) is 0 Å². The fraction of sp³-hybridized carbons (Fsp3) is 0.235. The quantitative estimate of drug-likeness (QED) is 0.890. The molecule has 2 nitrogen and oxygen atoms in total. The fourth-order valence-corrected chi connectivity index (χ4v) is 1.95. The van der Waals surface area contributed by atoms with E-state index in [1.165, 1.54) is 11.6 Å². The highest BCUT2D eigenvalue weighted by atomic mass is 19.1. The molecule has 2 rings (SSSR count). The molecule has 3 heteroatoms. The van der Waals surface area contributed by atoms with E-state index in [1.807, 2.05) is 18.2 Å². The fourth-order valence-electron chi connectivity index (χ4n) is 1.95. The zero-order valence-electron chi connectivity index (χ0n) is 11.7. The Morgan fingerprint density at radius 3 is 2.40 bits per heavy atom. The van der Waals surface area contributed by atoms with E-state index in [1.54, 1.807) is 12.1 Å². The molecule has 0 saturated carbocycles. The van der Waals surface area contributed by atoms with Crippen LogP contribution in [-0.2, 0) is 6.54 Å². The van der Waals surface area contributed by atoms with Crippen LogP contribution in [0.5, 0.6) is 0 Å². The maximum atomic E-state index is 13.7. The van der Waals surface area contributed by atoms with Gasteiger partial charge in [-0.05, 0) is 35.2 Å². The highest BCUT2D eigenvalue weighted by Gasteiger charge is 2.04. The standard InChI is InChI=1S/C17H17FN2/c1-12(2)15-6-3-13(4-7-15)11-20-17-8-5-14(10-19)9-16(17)18/h3-9,12,20H,11H2,1-2H3. The van der Waals surface area contributed by atoms with Gasteiger partial charge in [0.25, 0.3) is 0 Å². The van der Waals surface area contributed by atoms with Gasteiger partial charge >= 0.3 is 0 Å². The SMILES string of the molecule is CC(C)c1ccc(CNc2ccc(C#N)cc2F)cc1. The molecule has 0 aliphatic rings. The lowest BCUT2D eigenvalue weighted by atomic mass is 10.0. The van der Waals surface area contributed by atoms with Gasteiger partial charge in [-0.15, -0.1) is 0 Å². The average molecular weight is 268 g/mol. The molecule has 0 unspecified atom stereocenters. The van der Waals surface area contributed by atoms with Gasteiger partial charge < -0.3 is 5.32 Å². The highest BCUT2D eigenvalue weighted by Crippen LogP contribution is 2.18. The van der Waals surface area contributed by atoms with E-state index in [-0.39, 0.29) is 0 Å². The number of hydrogen-bond acceptors (Lipinski definition) is 2. The first kappa shape index (κ1) is 14.1. The third-order valence-electron chi connectivity index (χ3n) is 3.23. The minimum Gasteiger partial charge on any atom is -0.379 e. The van der Waals surface area contributed by atoms with Gasteiger partial charge in [0.15, 0.2) is 0 Å². The number of rotatable bonds is 4. The van der Waals surface area contributed by atoms with E-state index in [9.17, 15) is 4.39 Å². The topological polar surface area (TPSA) is 35.8 Å². The molecule has 0 fully saturated rings. The van der Waals surface area contributed by atoms with Gasteiger partial charge in [0, 0.05) is 6.54 Å². The van der Waals surface area contributed by atoms with Gasteiger partial charge in [-0.1, -0.05) is 38.1 Å². The van der Waals surface area contributed by atoms with Crippen LogP contribution in [0.1, 0.15) is 36.5 Å². The molecule has 0 aromatic heterocycles. The van der Waals surface area contributed by atoms with Crippen molar-refractivity contribution in [3.05, 3.63) is 65.0 Å². The summed E-state index contributed by atoms with van der Waals surface area (Å²) in [6.45, 7) is 4.86. The van der Waals surface area contributed by atoms with E-state index in [4.69, 9.17) is 5.26 Å². The molecular formula is C17H17FN2. The smallest absolute Gasteiger partial charge is 0.147 e. The summed E-state index contributed by atoms with van der Waals surface area (Å²) in [4.78, 5) is 0. The molecule has 0 atom stereocenters. The molecule has 0 aliphatic heterocycles. The van der Waals surface area contributed by atoms with Gasteiger partial charge in [-0.25, -0.2) is 4.39 Å². The Balaban J connectivity index is 2.03. The molecule has 102 valence electrons. The summed E-state index contributed by atoms with van der Waals surface area (Å²) in [5.41, 5.74) is 3.13. The zero-order valence-corrected chi connectivity index (χ0v) is 11.7. The molecular weight excluding hydrogens is 251 g/mol. The van der Waals surface area contributed by atoms with E-state index >= 15 is 0 Å². The second kappa shape index (κ2) is 6.21. The molecule has 20 heavy (non-hydrogen) atoms. The lowest BCUT2D eigenvalue weighted by Crippen LogP contribution is -2.02. The van der Waals surface area contributed by atoms with Crippen LogP contribution in [0.25, 0.3) is 0 Å². The Bertz CT molecular complexity index is 624. The Kier molecular flexibility index (Phi) is 4.37. The third kappa shape index (κ3) is 3.36. The van der Waals surface area contributed by atoms with E-state index in [0.29, 0.717) is 23.7 Å². The average Bonchev–Trinajstić information content (AvgIpc) is 2.46. The van der Waals surface area contributed by atoms with Crippen molar-refractivity contribution in [2.45, 2.75) is 26.3 Å². The minimum absolute atomic E-state index is 0.328. The van der Waals surface area contributed by atoms with Crippen LogP contribution in [0.4, 0.5) is 10.1 Å². The lowest BCUT2D eigenvalue weighted by molar-refractivity contribution is 0.629. The van der Waals surface area contributed by atoms with Crippen molar-refractivity contribution in [1.82, 2.24) is 0 Å². The first-order valence-electron chi connectivity index (χ1n) is 6.62. The van der Waals surface area contributed by atoms with Gasteiger partial charge in [0.1, 0.15) is 5.82 Å². The molecule has 0 bridgehead atoms. The maximum Gasteiger partial charge on any atom is 0.147 e. The molecule has 1 N–H and O–H groups in total. The Hall–Kier alpha value is -2.34. The van der Waals surface area contributed by atoms with Gasteiger partial charge in [-0.3, -0.25) is 0 Å². The highest BCUT2D eigenvalue weighted by molar-refractivity contribution is 5.49. The van der Waals surface area contributed by atoms with Crippen LogP contribution in [0, 0.1) is 17.1 Å². The third-order valence-corrected chi connectivity index (χ3v) is 3.23. The first-order valence-corrected chi connectivity index (χ1v) is 6.62. The minimum atomic E-state index is -0.400. The number of nitrogens with zero attached hydrogens (tertiary/aromatic N) is 1. The van der Waals surface area contributed by atoms with Crippen molar-refractivity contribution in [1.29, 1.82) is 5.26 Å². The molecule has 2 aromatic carbocycles. The van der Waals surface area contributed by atoms with Crippen LogP contribution in [0.15, 0.2) is 42.5 Å². The van der Waals surface area contributed by atoms with Crippen molar-refractivity contribution in [2.75, 3.05) is 5.32 Å². The summed E-state index contributed by atoms with van der Waals surface area (Å²) in [5.74, 6) is 0.107. The monoisotopic (exact) mass is 268 g/mol. The molecule has 0 aliphatic carbocycles. The van der Waals surface area contributed by atoms with Crippen molar-refractivity contribution in [3.8, 4) is 6.07 Å². The molecule has 0 amide bonds. The van der Waals surface area contributed by atoms with E-state index < -0.39 is 5.82 Å². The summed E-state index contributed by atoms with van der Waals surface area (Å²) in [6.07, 6.45) is 0. The summed E-state index contributed by atoms with van der Waals surface area (Å²) in [5, 5.41) is 11.7. The predicted molar refractivity (Wildman–Crippen MR) is 79.0 cm³/mol. The molecule has 0 saturated heterocycles. The van der Waals surface area contributed by atoms with Gasteiger partial charge in [0.2, 0.25) is 0 Å². The summed E-state index contributed by atoms with van der Waals surface area (Å²) < 4.78 is 13.7. The number of halogens is 1. The number of nitrogens with one attached hydrogen (secondary N) is 1.